The minimum atomic E-state index is 0.832. The first-order valence-corrected chi connectivity index (χ1v) is 7.39. The maximum Gasteiger partial charge on any atom is 0.0901 e. The Bertz CT molecular complexity index is 843. The summed E-state index contributed by atoms with van der Waals surface area (Å²) in [4.78, 5) is 16.8. The van der Waals surface area contributed by atoms with E-state index < -0.39 is 0 Å². The van der Waals surface area contributed by atoms with Crippen LogP contribution in [0.5, 0.6) is 0 Å². The first kappa shape index (κ1) is 13.4. The molecule has 0 bridgehead atoms. The number of hydrogen-bond donors (Lipinski definition) is 1. The van der Waals surface area contributed by atoms with Crippen LogP contribution in [0.15, 0.2) is 79.3 Å². The fourth-order valence-corrected chi connectivity index (χ4v) is 2.49. The molecule has 0 aliphatic rings. The number of aromatic amines is 1. The summed E-state index contributed by atoms with van der Waals surface area (Å²) in [7, 11) is 0. The van der Waals surface area contributed by atoms with Crippen LogP contribution in [0, 0.1) is 0 Å². The summed E-state index contributed by atoms with van der Waals surface area (Å²) in [6, 6.07) is 19.8. The molecule has 0 saturated carbocycles. The van der Waals surface area contributed by atoms with Crippen molar-refractivity contribution in [1.82, 2.24) is 19.9 Å². The number of aromatic nitrogens is 4. The Balaban J connectivity index is 1.91. The highest BCUT2D eigenvalue weighted by molar-refractivity contribution is 5.72. The summed E-state index contributed by atoms with van der Waals surface area (Å²) in [5.41, 5.74) is 5.46. The topological polar surface area (TPSA) is 54.5 Å². The molecule has 0 saturated heterocycles. The van der Waals surface area contributed by atoms with Crippen molar-refractivity contribution in [3.05, 3.63) is 79.3 Å². The number of nitrogens with zero attached hydrogens (tertiary/aromatic N) is 3. The first-order chi connectivity index (χ1) is 11.4. The van der Waals surface area contributed by atoms with Gasteiger partial charge in [0.1, 0.15) is 0 Å². The molecule has 4 rings (SSSR count). The Kier molecular flexibility index (Phi) is 3.41. The van der Waals surface area contributed by atoms with Crippen molar-refractivity contribution >= 4 is 0 Å². The van der Waals surface area contributed by atoms with E-state index in [9.17, 15) is 0 Å². The van der Waals surface area contributed by atoms with Crippen LogP contribution in [0.25, 0.3) is 34.0 Å². The Labute approximate surface area is 133 Å². The highest BCUT2D eigenvalue weighted by Gasteiger charge is 2.10. The van der Waals surface area contributed by atoms with Gasteiger partial charge in [-0.1, -0.05) is 12.1 Å². The summed E-state index contributed by atoms with van der Waals surface area (Å²) in [6.07, 6.45) is 5.47. The molecule has 0 atom stereocenters. The summed E-state index contributed by atoms with van der Waals surface area (Å²) < 4.78 is 0. The van der Waals surface area contributed by atoms with Gasteiger partial charge in [-0.3, -0.25) is 9.97 Å². The molecular weight excluding hydrogens is 284 g/mol. The predicted octanol–water partition coefficient (Wildman–Crippen LogP) is 4.20. The Morgan fingerprint density at radius 1 is 0.652 bits per heavy atom. The van der Waals surface area contributed by atoms with Crippen molar-refractivity contribution in [2.75, 3.05) is 0 Å². The zero-order chi connectivity index (χ0) is 15.5. The minimum Gasteiger partial charge on any atom is -0.361 e. The molecule has 23 heavy (non-hydrogen) atoms. The monoisotopic (exact) mass is 298 g/mol. The fraction of sp³-hybridized carbons (Fsp3) is 0. The van der Waals surface area contributed by atoms with Gasteiger partial charge >= 0.3 is 0 Å². The largest absolute Gasteiger partial charge is 0.361 e. The molecule has 0 aliphatic heterocycles. The summed E-state index contributed by atoms with van der Waals surface area (Å²) in [5, 5.41) is 0. The number of nitrogens with one attached hydrogen (secondary N) is 1. The lowest BCUT2D eigenvalue weighted by molar-refractivity contribution is 1.22. The zero-order valence-corrected chi connectivity index (χ0v) is 12.3. The van der Waals surface area contributed by atoms with E-state index in [4.69, 9.17) is 4.98 Å². The average molecular weight is 298 g/mol. The van der Waals surface area contributed by atoms with Crippen LogP contribution in [0.2, 0.25) is 0 Å². The van der Waals surface area contributed by atoms with Gasteiger partial charge in [0.25, 0.3) is 0 Å². The minimum absolute atomic E-state index is 0.832. The molecule has 0 radical (unpaired) electrons. The second-order valence-electron chi connectivity index (χ2n) is 5.14. The normalized spacial score (nSPS) is 10.6. The maximum atomic E-state index is 4.74. The third kappa shape index (κ3) is 2.74. The van der Waals surface area contributed by atoms with Crippen LogP contribution >= 0.6 is 0 Å². The van der Waals surface area contributed by atoms with E-state index in [0.717, 1.165) is 34.0 Å². The van der Waals surface area contributed by atoms with E-state index in [1.165, 1.54) is 0 Å². The third-order valence-electron chi connectivity index (χ3n) is 3.59. The highest BCUT2D eigenvalue weighted by Crippen LogP contribution is 2.27. The summed E-state index contributed by atoms with van der Waals surface area (Å²) >= 11 is 0. The molecule has 0 unspecified atom stereocenters. The lowest BCUT2D eigenvalue weighted by Crippen LogP contribution is -1.93. The van der Waals surface area contributed by atoms with E-state index >= 15 is 0 Å². The van der Waals surface area contributed by atoms with Crippen molar-refractivity contribution in [1.29, 1.82) is 0 Å². The molecule has 4 nitrogen and oxygen atoms in total. The van der Waals surface area contributed by atoms with Crippen LogP contribution in [0.3, 0.4) is 0 Å². The molecule has 0 amide bonds. The molecule has 4 heteroatoms. The predicted molar refractivity (Wildman–Crippen MR) is 90.5 cm³/mol. The van der Waals surface area contributed by atoms with Crippen LogP contribution in [0.1, 0.15) is 0 Å². The number of hydrogen-bond acceptors (Lipinski definition) is 3. The molecule has 0 fully saturated rings. The van der Waals surface area contributed by atoms with E-state index in [1.54, 1.807) is 12.4 Å². The summed E-state index contributed by atoms with van der Waals surface area (Å²) in [5.74, 6) is 0. The smallest absolute Gasteiger partial charge is 0.0901 e. The Morgan fingerprint density at radius 3 is 1.78 bits per heavy atom. The molecule has 1 N–H and O–H groups in total. The van der Waals surface area contributed by atoms with Gasteiger partial charge in [0.2, 0.25) is 0 Å². The van der Waals surface area contributed by atoms with Crippen molar-refractivity contribution in [3.8, 4) is 34.0 Å². The van der Waals surface area contributed by atoms with Crippen molar-refractivity contribution in [2.24, 2.45) is 0 Å². The number of pyridine rings is 3. The van der Waals surface area contributed by atoms with Gasteiger partial charge in [-0.05, 0) is 48.5 Å². The maximum absolute atomic E-state index is 4.74. The van der Waals surface area contributed by atoms with Gasteiger partial charge in [-0.25, -0.2) is 4.98 Å². The zero-order valence-electron chi connectivity index (χ0n) is 12.3. The van der Waals surface area contributed by atoms with Gasteiger partial charge in [0, 0.05) is 29.8 Å². The van der Waals surface area contributed by atoms with Crippen molar-refractivity contribution < 1.29 is 0 Å². The van der Waals surface area contributed by atoms with Crippen LogP contribution in [-0.2, 0) is 0 Å². The SMILES string of the molecule is c1ccc(-c2cc(-c3ccc[nH]3)cc(-c3ccccn3)n2)nc1. The summed E-state index contributed by atoms with van der Waals surface area (Å²) in [6.45, 7) is 0. The van der Waals surface area contributed by atoms with Crippen LogP contribution in [-0.4, -0.2) is 19.9 Å². The Hall–Kier alpha value is -3.27. The average Bonchev–Trinajstić information content (AvgIpc) is 3.18. The van der Waals surface area contributed by atoms with Gasteiger partial charge in [0.05, 0.1) is 22.8 Å². The molecule has 0 spiro atoms. The Morgan fingerprint density at radius 2 is 1.30 bits per heavy atom. The quantitative estimate of drug-likeness (QED) is 0.616. The number of rotatable bonds is 3. The lowest BCUT2D eigenvalue weighted by atomic mass is 10.1. The highest BCUT2D eigenvalue weighted by atomic mass is 14.8. The molecule has 4 aromatic rings. The van der Waals surface area contributed by atoms with E-state index in [2.05, 4.69) is 15.0 Å². The van der Waals surface area contributed by atoms with E-state index in [0.29, 0.717) is 0 Å². The van der Waals surface area contributed by atoms with Gasteiger partial charge in [-0.15, -0.1) is 0 Å². The second-order valence-corrected chi connectivity index (χ2v) is 5.14. The van der Waals surface area contributed by atoms with Crippen LogP contribution in [0.4, 0.5) is 0 Å². The first-order valence-electron chi connectivity index (χ1n) is 7.39. The van der Waals surface area contributed by atoms with Gasteiger partial charge in [-0.2, -0.15) is 0 Å². The van der Waals surface area contributed by atoms with E-state index in [1.807, 2.05) is 66.9 Å². The molecule has 4 heterocycles. The molecular formula is C19H14N4. The van der Waals surface area contributed by atoms with Crippen molar-refractivity contribution in [2.45, 2.75) is 0 Å². The lowest BCUT2D eigenvalue weighted by Gasteiger charge is -2.08. The fourth-order valence-electron chi connectivity index (χ4n) is 2.49. The molecule has 4 aromatic heterocycles. The van der Waals surface area contributed by atoms with E-state index in [-0.39, 0.29) is 0 Å². The van der Waals surface area contributed by atoms with Crippen LogP contribution < -0.4 is 0 Å². The van der Waals surface area contributed by atoms with Gasteiger partial charge < -0.3 is 4.98 Å². The third-order valence-corrected chi connectivity index (χ3v) is 3.59. The van der Waals surface area contributed by atoms with Gasteiger partial charge in [0.15, 0.2) is 0 Å². The second kappa shape index (κ2) is 5.85. The number of H-pyrrole nitrogens is 1. The molecule has 0 aliphatic carbocycles. The molecule has 0 aromatic carbocycles. The van der Waals surface area contributed by atoms with Crippen molar-refractivity contribution in [3.63, 3.8) is 0 Å². The molecule has 110 valence electrons. The standard InChI is InChI=1S/C19H14N4/c1-3-9-21-16(6-1)18-12-14(15-8-5-11-20-15)13-19(23-18)17-7-2-4-10-22-17/h1-13,20H.